The molecule has 0 radical (unpaired) electrons. The van der Waals surface area contributed by atoms with Crippen molar-refractivity contribution in [2.75, 3.05) is 14.2 Å². The van der Waals surface area contributed by atoms with Crippen molar-refractivity contribution in [3.8, 4) is 17.1 Å². The van der Waals surface area contributed by atoms with Crippen LogP contribution in [0.1, 0.15) is 12.1 Å². The molecule has 0 aliphatic rings. The van der Waals surface area contributed by atoms with Crippen molar-refractivity contribution in [2.45, 2.75) is 12.8 Å². The first-order valence-corrected chi connectivity index (χ1v) is 6.00. The summed E-state index contributed by atoms with van der Waals surface area (Å²) in [5.74, 6) is -0.127. The van der Waals surface area contributed by atoms with Crippen molar-refractivity contribution in [1.82, 2.24) is 5.16 Å². The van der Waals surface area contributed by atoms with Crippen molar-refractivity contribution in [1.29, 1.82) is 0 Å². The summed E-state index contributed by atoms with van der Waals surface area (Å²) < 4.78 is 28.0. The van der Waals surface area contributed by atoms with Crippen LogP contribution in [0.5, 0.6) is 5.75 Å². The number of hydrogen-bond acceptors (Lipinski definition) is 5. The Hall–Kier alpha value is -2.37. The first-order valence-electron chi connectivity index (χ1n) is 6.00. The molecule has 0 fully saturated rings. The van der Waals surface area contributed by atoms with Gasteiger partial charge in [0.15, 0.2) is 17.3 Å². The zero-order chi connectivity index (χ0) is 14.5. The van der Waals surface area contributed by atoms with Gasteiger partial charge in [-0.15, -0.1) is 0 Å². The van der Waals surface area contributed by atoms with Gasteiger partial charge in [0.05, 0.1) is 26.3 Å². The van der Waals surface area contributed by atoms with Crippen molar-refractivity contribution in [3.05, 3.63) is 35.8 Å². The lowest BCUT2D eigenvalue weighted by molar-refractivity contribution is -0.140. The average molecular weight is 279 g/mol. The molecule has 2 rings (SSSR count). The SMILES string of the molecule is COC(=O)CCc1cc(-c2ccc(F)c(OC)c2)on1. The van der Waals surface area contributed by atoms with Crippen LogP contribution in [0, 0.1) is 5.82 Å². The topological polar surface area (TPSA) is 61.6 Å². The van der Waals surface area contributed by atoms with Gasteiger partial charge in [0.25, 0.3) is 0 Å². The second-order valence-electron chi connectivity index (χ2n) is 4.11. The number of hydrogen-bond donors (Lipinski definition) is 0. The van der Waals surface area contributed by atoms with Crippen molar-refractivity contribution in [2.24, 2.45) is 0 Å². The van der Waals surface area contributed by atoms with Crippen molar-refractivity contribution < 1.29 is 23.2 Å². The van der Waals surface area contributed by atoms with Crippen LogP contribution < -0.4 is 4.74 Å². The summed E-state index contributed by atoms with van der Waals surface area (Å²) in [5, 5.41) is 3.86. The number of benzene rings is 1. The summed E-state index contributed by atoms with van der Waals surface area (Å²) in [5.41, 5.74) is 1.29. The molecule has 0 saturated carbocycles. The smallest absolute Gasteiger partial charge is 0.305 e. The minimum absolute atomic E-state index is 0.134. The Morgan fingerprint density at radius 3 is 2.85 bits per heavy atom. The van der Waals surface area contributed by atoms with E-state index >= 15 is 0 Å². The summed E-state index contributed by atoms with van der Waals surface area (Å²) in [4.78, 5) is 11.0. The van der Waals surface area contributed by atoms with Gasteiger partial charge in [-0.05, 0) is 18.2 Å². The number of carbonyl (C=O) groups is 1. The lowest BCUT2D eigenvalue weighted by atomic mass is 10.1. The quantitative estimate of drug-likeness (QED) is 0.787. The second-order valence-corrected chi connectivity index (χ2v) is 4.11. The maximum absolute atomic E-state index is 13.3. The Balaban J connectivity index is 2.14. The molecule has 0 saturated heterocycles. The van der Waals surface area contributed by atoms with E-state index in [2.05, 4.69) is 9.89 Å². The maximum atomic E-state index is 13.3. The number of halogens is 1. The number of aromatic nitrogens is 1. The van der Waals surface area contributed by atoms with E-state index in [0.29, 0.717) is 23.4 Å². The van der Waals surface area contributed by atoms with Crippen LogP contribution in [0.2, 0.25) is 0 Å². The molecule has 1 aromatic carbocycles. The van der Waals surface area contributed by atoms with E-state index in [1.54, 1.807) is 12.1 Å². The Bertz CT molecular complexity index is 609. The highest BCUT2D eigenvalue weighted by atomic mass is 19.1. The molecule has 1 aromatic heterocycles. The molecule has 0 bridgehead atoms. The molecule has 106 valence electrons. The van der Waals surface area contributed by atoms with Crippen LogP contribution in [-0.4, -0.2) is 25.3 Å². The van der Waals surface area contributed by atoms with Crippen LogP contribution in [0.3, 0.4) is 0 Å². The highest BCUT2D eigenvalue weighted by Gasteiger charge is 2.11. The summed E-state index contributed by atoms with van der Waals surface area (Å²) in [6, 6.07) is 6.10. The molecular formula is C14H14FNO4. The normalized spacial score (nSPS) is 10.3. The zero-order valence-electron chi connectivity index (χ0n) is 11.2. The number of carbonyl (C=O) groups excluding carboxylic acids is 1. The summed E-state index contributed by atoms with van der Waals surface area (Å²) >= 11 is 0. The van der Waals surface area contributed by atoms with E-state index in [1.165, 1.54) is 26.4 Å². The van der Waals surface area contributed by atoms with Gasteiger partial charge in [-0.2, -0.15) is 0 Å². The fourth-order valence-corrected chi connectivity index (χ4v) is 1.71. The zero-order valence-corrected chi connectivity index (χ0v) is 11.2. The summed E-state index contributed by atoms with van der Waals surface area (Å²) in [7, 11) is 2.73. The number of nitrogens with zero attached hydrogens (tertiary/aromatic N) is 1. The van der Waals surface area contributed by atoms with Crippen LogP contribution in [0.25, 0.3) is 11.3 Å². The highest BCUT2D eigenvalue weighted by Crippen LogP contribution is 2.27. The molecule has 0 unspecified atom stereocenters. The first kappa shape index (κ1) is 14.0. The Labute approximate surface area is 115 Å². The van der Waals surface area contributed by atoms with E-state index in [4.69, 9.17) is 9.26 Å². The fourth-order valence-electron chi connectivity index (χ4n) is 1.71. The van der Waals surface area contributed by atoms with E-state index in [9.17, 15) is 9.18 Å². The molecule has 0 N–H and O–H groups in total. The van der Waals surface area contributed by atoms with E-state index < -0.39 is 5.82 Å². The molecule has 0 spiro atoms. The number of aryl methyl sites for hydroxylation is 1. The van der Waals surface area contributed by atoms with Gasteiger partial charge in [-0.1, -0.05) is 5.16 Å². The van der Waals surface area contributed by atoms with E-state index in [1.807, 2.05) is 0 Å². The Morgan fingerprint density at radius 1 is 1.35 bits per heavy atom. The Morgan fingerprint density at radius 2 is 2.15 bits per heavy atom. The fraction of sp³-hybridized carbons (Fsp3) is 0.286. The first-order chi connectivity index (χ1) is 9.63. The van der Waals surface area contributed by atoms with Gasteiger partial charge in [-0.25, -0.2) is 4.39 Å². The van der Waals surface area contributed by atoms with Crippen molar-refractivity contribution in [3.63, 3.8) is 0 Å². The molecule has 0 atom stereocenters. The highest BCUT2D eigenvalue weighted by molar-refractivity contribution is 5.69. The lowest BCUT2D eigenvalue weighted by Crippen LogP contribution is -2.01. The van der Waals surface area contributed by atoms with Gasteiger partial charge in [0.2, 0.25) is 0 Å². The van der Waals surface area contributed by atoms with Gasteiger partial charge in [0, 0.05) is 18.1 Å². The van der Waals surface area contributed by atoms with Gasteiger partial charge < -0.3 is 14.0 Å². The van der Waals surface area contributed by atoms with E-state index in [0.717, 1.165) is 0 Å². The predicted octanol–water partition coefficient (Wildman–Crippen LogP) is 2.59. The largest absolute Gasteiger partial charge is 0.494 e. The van der Waals surface area contributed by atoms with Crippen LogP contribution in [-0.2, 0) is 16.0 Å². The maximum Gasteiger partial charge on any atom is 0.305 e. The van der Waals surface area contributed by atoms with Crippen LogP contribution in [0.4, 0.5) is 4.39 Å². The van der Waals surface area contributed by atoms with Gasteiger partial charge in [0.1, 0.15) is 0 Å². The van der Waals surface area contributed by atoms with Crippen LogP contribution in [0.15, 0.2) is 28.8 Å². The third-order valence-corrected chi connectivity index (χ3v) is 2.81. The lowest BCUT2D eigenvalue weighted by Gasteiger charge is -2.02. The third kappa shape index (κ3) is 3.14. The molecule has 1 heterocycles. The third-order valence-electron chi connectivity index (χ3n) is 2.81. The summed E-state index contributed by atoms with van der Waals surface area (Å²) in [6.45, 7) is 0. The standard InChI is InChI=1S/C14H14FNO4/c1-18-13-7-9(3-5-11(13)15)12-8-10(16-20-12)4-6-14(17)19-2/h3,5,7-8H,4,6H2,1-2H3. The molecule has 0 amide bonds. The number of rotatable bonds is 5. The molecular weight excluding hydrogens is 265 g/mol. The number of ether oxygens (including phenoxy) is 2. The monoisotopic (exact) mass is 279 g/mol. The molecule has 2 aromatic rings. The Kier molecular flexibility index (Phi) is 4.34. The second kappa shape index (κ2) is 6.18. The predicted molar refractivity (Wildman–Crippen MR) is 68.8 cm³/mol. The van der Waals surface area contributed by atoms with Crippen LogP contribution >= 0.6 is 0 Å². The molecule has 5 nitrogen and oxygen atoms in total. The average Bonchev–Trinajstić information content (AvgIpc) is 2.94. The number of esters is 1. The minimum Gasteiger partial charge on any atom is -0.494 e. The molecule has 0 aliphatic carbocycles. The number of methoxy groups -OCH3 is 2. The molecule has 6 heteroatoms. The van der Waals surface area contributed by atoms with Gasteiger partial charge in [-0.3, -0.25) is 4.79 Å². The van der Waals surface area contributed by atoms with Gasteiger partial charge >= 0.3 is 5.97 Å². The molecule has 0 aliphatic heterocycles. The minimum atomic E-state index is -0.443. The van der Waals surface area contributed by atoms with E-state index in [-0.39, 0.29) is 18.1 Å². The molecule has 20 heavy (non-hydrogen) atoms. The van der Waals surface area contributed by atoms with Crippen molar-refractivity contribution >= 4 is 5.97 Å². The summed E-state index contributed by atoms with van der Waals surface area (Å²) in [6.07, 6.45) is 0.656.